The van der Waals surface area contributed by atoms with Gasteiger partial charge >= 0.3 is 5.97 Å². The number of esters is 1. The van der Waals surface area contributed by atoms with Crippen molar-refractivity contribution in [1.29, 1.82) is 0 Å². The van der Waals surface area contributed by atoms with E-state index in [1.807, 2.05) is 0 Å². The number of carbonyl (C=O) groups is 1. The molecule has 1 heterocycles. The van der Waals surface area contributed by atoms with E-state index < -0.39 is 6.04 Å². The molecule has 2 N–H and O–H groups in total. The molecule has 0 saturated carbocycles. The van der Waals surface area contributed by atoms with E-state index in [0.29, 0.717) is 0 Å². The fraction of sp³-hybridized carbons (Fsp3) is 0.250. The van der Waals surface area contributed by atoms with Crippen molar-refractivity contribution < 1.29 is 9.53 Å². The van der Waals surface area contributed by atoms with Gasteiger partial charge in [-0.2, -0.15) is 0 Å². The highest BCUT2D eigenvalue weighted by atomic mass is 16.5. The lowest BCUT2D eigenvalue weighted by atomic mass is 10.3. The van der Waals surface area contributed by atoms with E-state index in [1.54, 1.807) is 0 Å². The summed E-state index contributed by atoms with van der Waals surface area (Å²) in [5, 5.41) is 0. The Morgan fingerprint density at radius 3 is 2.71 bits per heavy atom. The van der Waals surface area contributed by atoms with Crippen LogP contribution in [0.3, 0.4) is 0 Å². The van der Waals surface area contributed by atoms with Gasteiger partial charge in [0, 0.05) is 0 Å². The summed E-state index contributed by atoms with van der Waals surface area (Å²) < 4.78 is 4.32. The van der Waals surface area contributed by atoms with Gasteiger partial charge < -0.3 is 10.5 Å². The predicted molar refractivity (Wildman–Crippen MR) is 23.2 cm³/mol. The zero-order chi connectivity index (χ0) is 5.28. The Morgan fingerprint density at radius 1 is 1.86 bits per heavy atom. The molecule has 7 heavy (non-hydrogen) atoms. The molecule has 1 aliphatic rings. The van der Waals surface area contributed by atoms with Gasteiger partial charge in [-0.1, -0.05) is 0 Å². The minimum Gasteiger partial charge on any atom is -0.433 e. The first kappa shape index (κ1) is 4.33. The molecule has 0 spiro atoms. The Labute approximate surface area is 40.8 Å². The maximum atomic E-state index is 10.2. The van der Waals surface area contributed by atoms with Crippen LogP contribution in [0.4, 0.5) is 0 Å². The normalized spacial score (nSPS) is 28.1. The average molecular weight is 99.1 g/mol. The number of nitrogens with two attached hydrogens (primary N) is 1. The van der Waals surface area contributed by atoms with Crippen molar-refractivity contribution in [2.75, 3.05) is 0 Å². The minimum absolute atomic E-state index is 0.375. The second-order valence-corrected chi connectivity index (χ2v) is 1.29. The predicted octanol–water partition coefficient (Wildman–Crippen LogP) is -0.616. The monoisotopic (exact) mass is 99.0 g/mol. The molecule has 0 bridgehead atoms. The molecule has 3 nitrogen and oxygen atoms in total. The van der Waals surface area contributed by atoms with Gasteiger partial charge in [-0.3, -0.25) is 0 Å². The second-order valence-electron chi connectivity index (χ2n) is 1.29. The van der Waals surface area contributed by atoms with Gasteiger partial charge in [0.2, 0.25) is 0 Å². The van der Waals surface area contributed by atoms with E-state index >= 15 is 0 Å². The largest absolute Gasteiger partial charge is 0.433 e. The number of rotatable bonds is 0. The van der Waals surface area contributed by atoms with E-state index in [9.17, 15) is 4.79 Å². The summed E-state index contributed by atoms with van der Waals surface area (Å²) >= 11 is 0. The zero-order valence-corrected chi connectivity index (χ0v) is 3.63. The Balaban J connectivity index is 2.62. The van der Waals surface area contributed by atoms with E-state index in [4.69, 9.17) is 5.73 Å². The van der Waals surface area contributed by atoms with Crippen LogP contribution in [0, 0.1) is 0 Å². The fourth-order valence-corrected chi connectivity index (χ4v) is 0.348. The highest BCUT2D eigenvalue weighted by molar-refractivity contribution is 5.80. The van der Waals surface area contributed by atoms with Gasteiger partial charge in [-0.15, -0.1) is 0 Å². The highest BCUT2D eigenvalue weighted by Gasteiger charge is 2.14. The molecule has 3 heteroatoms. The van der Waals surface area contributed by atoms with E-state index in [1.165, 1.54) is 12.3 Å². The van der Waals surface area contributed by atoms with E-state index in [2.05, 4.69) is 4.74 Å². The first-order chi connectivity index (χ1) is 3.30. The lowest BCUT2D eigenvalue weighted by Crippen LogP contribution is -2.24. The van der Waals surface area contributed by atoms with Crippen LogP contribution in [-0.4, -0.2) is 12.0 Å². The molecule has 0 fully saturated rings. The van der Waals surface area contributed by atoms with Gasteiger partial charge in [0.15, 0.2) is 0 Å². The number of hydrogen-bond acceptors (Lipinski definition) is 3. The van der Waals surface area contributed by atoms with Crippen molar-refractivity contribution in [3.05, 3.63) is 12.3 Å². The summed E-state index contributed by atoms with van der Waals surface area (Å²) in [6, 6.07) is -0.528. The quantitative estimate of drug-likeness (QED) is 0.412. The van der Waals surface area contributed by atoms with Crippen LogP contribution in [0.1, 0.15) is 0 Å². The lowest BCUT2D eigenvalue weighted by Gasteiger charge is -1.89. The van der Waals surface area contributed by atoms with Crippen LogP contribution in [0.25, 0.3) is 0 Å². The fourth-order valence-electron chi connectivity index (χ4n) is 0.348. The molecule has 0 aromatic rings. The number of cyclic esters (lactones) is 1. The smallest absolute Gasteiger partial charge is 0.331 e. The summed E-state index contributed by atoms with van der Waals surface area (Å²) in [7, 11) is 0. The SMILES string of the molecule is N[C@H]1C=COC1=O. The zero-order valence-electron chi connectivity index (χ0n) is 3.63. The van der Waals surface area contributed by atoms with Crippen LogP contribution in [0.5, 0.6) is 0 Å². The first-order valence-electron chi connectivity index (χ1n) is 1.93. The van der Waals surface area contributed by atoms with Crippen LogP contribution in [0.2, 0.25) is 0 Å². The van der Waals surface area contributed by atoms with Gasteiger partial charge in [0.1, 0.15) is 6.04 Å². The molecule has 0 aromatic heterocycles. The number of hydrogen-bond donors (Lipinski definition) is 1. The third kappa shape index (κ3) is 0.618. The third-order valence-electron chi connectivity index (χ3n) is 0.742. The van der Waals surface area contributed by atoms with Gasteiger partial charge in [-0.05, 0) is 6.08 Å². The van der Waals surface area contributed by atoms with Crippen molar-refractivity contribution in [2.24, 2.45) is 5.73 Å². The molecule has 0 unspecified atom stereocenters. The van der Waals surface area contributed by atoms with Crippen LogP contribution in [-0.2, 0) is 9.53 Å². The van der Waals surface area contributed by atoms with Crippen molar-refractivity contribution in [3.8, 4) is 0 Å². The summed E-state index contributed by atoms with van der Waals surface area (Å²) in [5.74, 6) is -0.375. The topological polar surface area (TPSA) is 52.3 Å². The van der Waals surface area contributed by atoms with Gasteiger partial charge in [0.25, 0.3) is 0 Å². The molecule has 0 saturated heterocycles. The Kier molecular flexibility index (Phi) is 0.834. The molecule has 0 amide bonds. The maximum absolute atomic E-state index is 10.2. The molecular formula is C4H5NO2. The summed E-state index contributed by atoms with van der Waals surface area (Å²) in [6.07, 6.45) is 2.80. The molecule has 38 valence electrons. The Morgan fingerprint density at radius 2 is 2.57 bits per heavy atom. The molecular weight excluding hydrogens is 94.0 g/mol. The van der Waals surface area contributed by atoms with Gasteiger partial charge in [-0.25, -0.2) is 4.79 Å². The number of carbonyl (C=O) groups excluding carboxylic acids is 1. The summed E-state index contributed by atoms with van der Waals surface area (Å²) in [6.45, 7) is 0. The summed E-state index contributed by atoms with van der Waals surface area (Å²) in [4.78, 5) is 10.2. The van der Waals surface area contributed by atoms with Gasteiger partial charge in [0.05, 0.1) is 6.26 Å². The highest BCUT2D eigenvalue weighted by Crippen LogP contribution is 1.96. The Bertz CT molecular complexity index is 119. The van der Waals surface area contributed by atoms with E-state index in [-0.39, 0.29) is 5.97 Å². The second kappa shape index (κ2) is 1.35. The molecule has 0 radical (unpaired) electrons. The summed E-state index contributed by atoms with van der Waals surface area (Å²) in [5.41, 5.74) is 5.12. The van der Waals surface area contributed by atoms with Crippen LogP contribution in [0.15, 0.2) is 12.3 Å². The first-order valence-corrected chi connectivity index (χ1v) is 1.93. The molecule has 0 aliphatic carbocycles. The van der Waals surface area contributed by atoms with Crippen molar-refractivity contribution in [2.45, 2.75) is 6.04 Å². The molecule has 1 rings (SSSR count). The lowest BCUT2D eigenvalue weighted by molar-refractivity contribution is -0.136. The standard InChI is InChI=1S/C4H5NO2/c5-3-1-2-7-4(3)6/h1-3H,5H2/t3-/m0/s1. The molecule has 1 atom stereocenters. The molecule has 0 aromatic carbocycles. The van der Waals surface area contributed by atoms with Crippen LogP contribution >= 0.6 is 0 Å². The minimum atomic E-state index is -0.528. The average Bonchev–Trinajstić information content (AvgIpc) is 1.91. The van der Waals surface area contributed by atoms with Crippen molar-refractivity contribution in [1.82, 2.24) is 0 Å². The third-order valence-corrected chi connectivity index (χ3v) is 0.742. The van der Waals surface area contributed by atoms with Crippen molar-refractivity contribution >= 4 is 5.97 Å². The maximum Gasteiger partial charge on any atom is 0.331 e. The Hall–Kier alpha value is -0.830. The molecule has 1 aliphatic heterocycles. The number of ether oxygens (including phenoxy) is 1. The van der Waals surface area contributed by atoms with Crippen LogP contribution < -0.4 is 5.73 Å². The van der Waals surface area contributed by atoms with Crippen molar-refractivity contribution in [3.63, 3.8) is 0 Å². The van der Waals surface area contributed by atoms with E-state index in [0.717, 1.165) is 0 Å².